The van der Waals surface area contributed by atoms with E-state index in [1.807, 2.05) is 29.2 Å². The maximum atomic E-state index is 12.2. The number of anilines is 2. The van der Waals surface area contributed by atoms with Crippen molar-refractivity contribution in [3.8, 4) is 0 Å². The van der Waals surface area contributed by atoms with E-state index in [4.69, 9.17) is 0 Å². The number of nitrogens with zero attached hydrogens (tertiary/aromatic N) is 2. The molecular weight excluding hydrogens is 360 g/mol. The third-order valence-electron chi connectivity index (χ3n) is 3.50. The summed E-state index contributed by atoms with van der Waals surface area (Å²) < 4.78 is 0.754. The fourth-order valence-corrected chi connectivity index (χ4v) is 2.72. The van der Waals surface area contributed by atoms with Crippen LogP contribution in [0.2, 0.25) is 0 Å². The van der Waals surface area contributed by atoms with Gasteiger partial charge in [0.25, 0.3) is 5.91 Å². The minimum absolute atomic E-state index is 0.0239. The van der Waals surface area contributed by atoms with Gasteiger partial charge in [0.05, 0.1) is 12.1 Å². The summed E-state index contributed by atoms with van der Waals surface area (Å²) in [6.45, 7) is 1.78. The van der Waals surface area contributed by atoms with Crippen LogP contribution < -0.4 is 15.5 Å². The van der Waals surface area contributed by atoms with Crippen molar-refractivity contribution in [2.45, 2.75) is 0 Å². The Balaban J connectivity index is 1.67. The van der Waals surface area contributed by atoms with Crippen molar-refractivity contribution in [3.63, 3.8) is 0 Å². The van der Waals surface area contributed by atoms with Crippen LogP contribution in [0.5, 0.6) is 0 Å². The number of amides is 2. The van der Waals surface area contributed by atoms with Crippen molar-refractivity contribution in [2.24, 2.45) is 0 Å². The number of aromatic nitrogens is 1. The average Bonchev–Trinajstić information content (AvgIpc) is 2.55. The van der Waals surface area contributed by atoms with Gasteiger partial charge in [0.2, 0.25) is 5.91 Å². The van der Waals surface area contributed by atoms with Gasteiger partial charge in [-0.25, -0.2) is 0 Å². The van der Waals surface area contributed by atoms with E-state index < -0.39 is 0 Å². The van der Waals surface area contributed by atoms with Crippen molar-refractivity contribution in [1.29, 1.82) is 0 Å². The average molecular weight is 375 g/mol. The number of hydrogen-bond acceptors (Lipinski definition) is 4. The van der Waals surface area contributed by atoms with Crippen LogP contribution in [-0.4, -0.2) is 36.4 Å². The minimum Gasteiger partial charge on any atom is -0.360 e. The number of piperazine rings is 1. The molecule has 7 heteroatoms. The van der Waals surface area contributed by atoms with Gasteiger partial charge in [-0.1, -0.05) is 0 Å². The van der Waals surface area contributed by atoms with E-state index in [-0.39, 0.29) is 11.8 Å². The van der Waals surface area contributed by atoms with Gasteiger partial charge < -0.3 is 15.5 Å². The highest BCUT2D eigenvalue weighted by molar-refractivity contribution is 9.10. The molecule has 3 rings (SSSR count). The number of nitrogens with one attached hydrogen (secondary N) is 2. The maximum absolute atomic E-state index is 12.2. The summed E-state index contributed by atoms with van der Waals surface area (Å²) in [5, 5.41) is 5.62. The Morgan fingerprint density at radius 3 is 2.74 bits per heavy atom. The fraction of sp³-hybridized carbons (Fsp3) is 0.188. The quantitative estimate of drug-likeness (QED) is 0.861. The number of benzene rings is 1. The van der Waals surface area contributed by atoms with Gasteiger partial charge in [-0.3, -0.25) is 14.6 Å². The first-order chi connectivity index (χ1) is 11.1. The molecule has 1 saturated heterocycles. The van der Waals surface area contributed by atoms with Crippen molar-refractivity contribution in [3.05, 3.63) is 52.8 Å². The number of halogens is 1. The highest BCUT2D eigenvalue weighted by atomic mass is 79.9. The first kappa shape index (κ1) is 15.5. The Labute approximate surface area is 142 Å². The molecule has 2 amide bonds. The first-order valence-electron chi connectivity index (χ1n) is 7.15. The second kappa shape index (κ2) is 6.78. The predicted octanol–water partition coefficient (Wildman–Crippen LogP) is 2.03. The van der Waals surface area contributed by atoms with Gasteiger partial charge in [-0.15, -0.1) is 0 Å². The van der Waals surface area contributed by atoms with Gasteiger partial charge in [-0.05, 0) is 46.3 Å². The van der Waals surface area contributed by atoms with Gasteiger partial charge in [0, 0.05) is 41.3 Å². The van der Waals surface area contributed by atoms with Crippen LogP contribution >= 0.6 is 15.9 Å². The standard InChI is InChI=1S/C16H15BrN4O2/c17-12-7-11(8-18-9-12)16(23)20-13-1-3-14(4-2-13)21-6-5-19-15(22)10-21/h1-4,7-9H,5-6,10H2,(H,19,22)(H,20,23). The highest BCUT2D eigenvalue weighted by Gasteiger charge is 2.16. The molecule has 0 unspecified atom stereocenters. The number of pyridine rings is 1. The molecular formula is C16H15BrN4O2. The Morgan fingerprint density at radius 2 is 2.04 bits per heavy atom. The summed E-state index contributed by atoms with van der Waals surface area (Å²) >= 11 is 3.29. The first-order valence-corrected chi connectivity index (χ1v) is 7.95. The lowest BCUT2D eigenvalue weighted by atomic mass is 10.2. The van der Waals surface area contributed by atoms with Crippen LogP contribution in [0.1, 0.15) is 10.4 Å². The Hall–Kier alpha value is -2.41. The monoisotopic (exact) mass is 374 g/mol. The molecule has 2 aromatic rings. The molecule has 118 valence electrons. The lowest BCUT2D eigenvalue weighted by Crippen LogP contribution is -2.47. The van der Waals surface area contributed by atoms with E-state index in [9.17, 15) is 9.59 Å². The molecule has 0 aliphatic carbocycles. The van der Waals surface area contributed by atoms with Gasteiger partial charge >= 0.3 is 0 Å². The van der Waals surface area contributed by atoms with E-state index in [0.29, 0.717) is 24.3 Å². The predicted molar refractivity (Wildman–Crippen MR) is 91.6 cm³/mol. The Morgan fingerprint density at radius 1 is 1.26 bits per heavy atom. The zero-order valence-electron chi connectivity index (χ0n) is 12.3. The SMILES string of the molecule is O=C1CN(c2ccc(NC(=O)c3cncc(Br)c3)cc2)CCN1. The molecule has 2 heterocycles. The molecule has 6 nitrogen and oxygen atoms in total. The van der Waals surface area contributed by atoms with Crippen molar-refractivity contribution < 1.29 is 9.59 Å². The van der Waals surface area contributed by atoms with E-state index in [1.54, 1.807) is 12.3 Å². The highest BCUT2D eigenvalue weighted by Crippen LogP contribution is 2.19. The zero-order valence-corrected chi connectivity index (χ0v) is 13.8. The van der Waals surface area contributed by atoms with Gasteiger partial charge in [0.15, 0.2) is 0 Å². The summed E-state index contributed by atoms with van der Waals surface area (Å²) in [5.74, 6) is -0.195. The summed E-state index contributed by atoms with van der Waals surface area (Å²) in [7, 11) is 0. The van der Waals surface area contributed by atoms with Crippen molar-refractivity contribution >= 4 is 39.1 Å². The van der Waals surface area contributed by atoms with E-state index in [1.165, 1.54) is 6.20 Å². The molecule has 1 fully saturated rings. The van der Waals surface area contributed by atoms with Crippen LogP contribution in [0.25, 0.3) is 0 Å². The Bertz CT molecular complexity index is 733. The van der Waals surface area contributed by atoms with Gasteiger partial charge in [-0.2, -0.15) is 0 Å². The van der Waals surface area contributed by atoms with Crippen LogP contribution in [0, 0.1) is 0 Å². The molecule has 1 aromatic carbocycles. The fourth-order valence-electron chi connectivity index (χ4n) is 2.35. The molecule has 2 N–H and O–H groups in total. The van der Waals surface area contributed by atoms with E-state index in [2.05, 4.69) is 31.5 Å². The summed E-state index contributed by atoms with van der Waals surface area (Å²) in [6.07, 6.45) is 3.14. The second-order valence-corrected chi connectivity index (χ2v) is 6.08. The molecule has 23 heavy (non-hydrogen) atoms. The van der Waals surface area contributed by atoms with Crippen LogP contribution in [0.15, 0.2) is 47.2 Å². The molecule has 0 bridgehead atoms. The second-order valence-electron chi connectivity index (χ2n) is 5.16. The van der Waals surface area contributed by atoms with Crippen LogP contribution in [0.3, 0.4) is 0 Å². The molecule has 0 saturated carbocycles. The van der Waals surface area contributed by atoms with Gasteiger partial charge in [0.1, 0.15) is 0 Å². The zero-order chi connectivity index (χ0) is 16.2. The van der Waals surface area contributed by atoms with Crippen LogP contribution in [-0.2, 0) is 4.79 Å². The minimum atomic E-state index is -0.219. The molecule has 1 aliphatic heterocycles. The summed E-state index contributed by atoms with van der Waals surface area (Å²) in [6, 6.07) is 9.15. The number of carbonyl (C=O) groups is 2. The lowest BCUT2D eigenvalue weighted by molar-refractivity contribution is -0.120. The third-order valence-corrected chi connectivity index (χ3v) is 3.93. The summed E-state index contributed by atoms with van der Waals surface area (Å²) in [5.41, 5.74) is 2.14. The number of carbonyl (C=O) groups excluding carboxylic acids is 2. The van der Waals surface area contributed by atoms with E-state index >= 15 is 0 Å². The largest absolute Gasteiger partial charge is 0.360 e. The maximum Gasteiger partial charge on any atom is 0.257 e. The topological polar surface area (TPSA) is 74.3 Å². The third kappa shape index (κ3) is 3.87. The lowest BCUT2D eigenvalue weighted by Gasteiger charge is -2.28. The molecule has 0 radical (unpaired) electrons. The number of hydrogen-bond donors (Lipinski definition) is 2. The Kier molecular flexibility index (Phi) is 4.57. The summed E-state index contributed by atoms with van der Waals surface area (Å²) in [4.78, 5) is 29.6. The van der Waals surface area contributed by atoms with Crippen molar-refractivity contribution in [1.82, 2.24) is 10.3 Å². The van der Waals surface area contributed by atoms with E-state index in [0.717, 1.165) is 16.7 Å². The van der Waals surface area contributed by atoms with Crippen LogP contribution in [0.4, 0.5) is 11.4 Å². The normalized spacial score (nSPS) is 14.3. The molecule has 0 atom stereocenters. The number of rotatable bonds is 3. The van der Waals surface area contributed by atoms with Crippen molar-refractivity contribution in [2.75, 3.05) is 29.9 Å². The molecule has 1 aliphatic rings. The molecule has 0 spiro atoms. The molecule has 1 aromatic heterocycles. The smallest absolute Gasteiger partial charge is 0.257 e.